The number of amides is 1. The van der Waals surface area contributed by atoms with Gasteiger partial charge in [0.05, 0.1) is 25.5 Å². The topological polar surface area (TPSA) is 68.6 Å². The SMILES string of the molecule is C=Cn1cc(CNCC2CN(C(=O)OCc3ccccc3)CCO2)cn1. The average molecular weight is 356 g/mol. The molecule has 1 amide bonds. The lowest BCUT2D eigenvalue weighted by Gasteiger charge is -2.32. The fraction of sp³-hybridized carbons (Fsp3) is 0.368. The Hall–Kier alpha value is -2.64. The van der Waals surface area contributed by atoms with Crippen molar-refractivity contribution in [2.24, 2.45) is 0 Å². The van der Waals surface area contributed by atoms with E-state index >= 15 is 0 Å². The van der Waals surface area contributed by atoms with Crippen molar-refractivity contribution in [3.8, 4) is 0 Å². The Morgan fingerprint density at radius 1 is 1.38 bits per heavy atom. The monoisotopic (exact) mass is 356 g/mol. The number of benzene rings is 1. The minimum atomic E-state index is -0.297. The summed E-state index contributed by atoms with van der Waals surface area (Å²) in [4.78, 5) is 14.0. The summed E-state index contributed by atoms with van der Waals surface area (Å²) in [6, 6.07) is 9.67. The van der Waals surface area contributed by atoms with Gasteiger partial charge in [0.25, 0.3) is 0 Å². The first-order valence-corrected chi connectivity index (χ1v) is 8.68. The van der Waals surface area contributed by atoms with Crippen molar-refractivity contribution in [2.75, 3.05) is 26.2 Å². The summed E-state index contributed by atoms with van der Waals surface area (Å²) in [5, 5.41) is 7.47. The Morgan fingerprint density at radius 3 is 3.00 bits per heavy atom. The van der Waals surface area contributed by atoms with Crippen LogP contribution in [0.5, 0.6) is 0 Å². The van der Waals surface area contributed by atoms with Crippen LogP contribution >= 0.6 is 0 Å². The normalized spacial score (nSPS) is 17.1. The maximum absolute atomic E-state index is 12.3. The van der Waals surface area contributed by atoms with Crippen LogP contribution in [0.3, 0.4) is 0 Å². The molecule has 7 nitrogen and oxygen atoms in total. The minimum absolute atomic E-state index is 0.0533. The number of carbonyl (C=O) groups is 1. The van der Waals surface area contributed by atoms with E-state index in [0.717, 1.165) is 11.1 Å². The van der Waals surface area contributed by atoms with Gasteiger partial charge in [0.2, 0.25) is 0 Å². The number of nitrogens with zero attached hydrogens (tertiary/aromatic N) is 3. The van der Waals surface area contributed by atoms with Gasteiger partial charge in [0, 0.05) is 37.6 Å². The van der Waals surface area contributed by atoms with Crippen LogP contribution in [-0.4, -0.2) is 53.1 Å². The molecule has 1 N–H and O–H groups in total. The number of ether oxygens (including phenoxy) is 2. The molecule has 0 spiro atoms. The van der Waals surface area contributed by atoms with Crippen molar-refractivity contribution < 1.29 is 14.3 Å². The maximum Gasteiger partial charge on any atom is 0.410 e. The zero-order valence-corrected chi connectivity index (χ0v) is 14.7. The lowest BCUT2D eigenvalue weighted by atomic mass is 10.2. The zero-order chi connectivity index (χ0) is 18.2. The molecule has 2 aromatic rings. The summed E-state index contributed by atoms with van der Waals surface area (Å²) < 4.78 is 12.8. The first-order chi connectivity index (χ1) is 12.7. The number of carbonyl (C=O) groups excluding carboxylic acids is 1. The van der Waals surface area contributed by atoms with E-state index in [1.165, 1.54) is 0 Å². The Kier molecular flexibility index (Phi) is 6.40. The molecule has 0 radical (unpaired) electrons. The Bertz CT molecular complexity index is 717. The smallest absolute Gasteiger partial charge is 0.410 e. The second-order valence-corrected chi connectivity index (χ2v) is 6.12. The third-order valence-corrected chi connectivity index (χ3v) is 4.15. The molecule has 1 aromatic carbocycles. The van der Waals surface area contributed by atoms with Gasteiger partial charge in [-0.15, -0.1) is 0 Å². The fourth-order valence-corrected chi connectivity index (χ4v) is 2.77. The summed E-state index contributed by atoms with van der Waals surface area (Å²) in [6.45, 7) is 6.88. The third-order valence-electron chi connectivity index (χ3n) is 4.15. The van der Waals surface area contributed by atoms with Gasteiger partial charge in [-0.2, -0.15) is 5.10 Å². The van der Waals surface area contributed by atoms with Gasteiger partial charge in [0.15, 0.2) is 0 Å². The summed E-state index contributed by atoms with van der Waals surface area (Å²) in [5.74, 6) is 0. The van der Waals surface area contributed by atoms with Crippen LogP contribution in [0, 0.1) is 0 Å². The van der Waals surface area contributed by atoms with E-state index in [1.54, 1.807) is 22.0 Å². The van der Waals surface area contributed by atoms with E-state index < -0.39 is 0 Å². The molecule has 1 saturated heterocycles. The van der Waals surface area contributed by atoms with Crippen molar-refractivity contribution >= 4 is 12.3 Å². The van der Waals surface area contributed by atoms with Crippen LogP contribution in [0.1, 0.15) is 11.1 Å². The Morgan fingerprint density at radius 2 is 2.23 bits per heavy atom. The van der Waals surface area contributed by atoms with E-state index in [9.17, 15) is 4.79 Å². The number of rotatable bonds is 7. The molecule has 26 heavy (non-hydrogen) atoms. The molecule has 7 heteroatoms. The molecule has 138 valence electrons. The third kappa shape index (κ3) is 5.18. The van der Waals surface area contributed by atoms with Crippen molar-refractivity contribution in [2.45, 2.75) is 19.3 Å². The standard InChI is InChI=1S/C19H24N4O3/c1-2-23-13-17(11-21-23)10-20-12-18-14-22(8-9-25-18)19(24)26-15-16-6-4-3-5-7-16/h2-7,11,13,18,20H,1,8-10,12,14-15H2. The summed E-state index contributed by atoms with van der Waals surface area (Å²) in [6.07, 6.45) is 5.00. The lowest BCUT2D eigenvalue weighted by Crippen LogP contribution is -2.49. The molecule has 3 rings (SSSR count). The van der Waals surface area contributed by atoms with Crippen LogP contribution < -0.4 is 5.32 Å². The van der Waals surface area contributed by atoms with Gasteiger partial charge in [-0.1, -0.05) is 36.9 Å². The number of morpholine rings is 1. The molecule has 1 atom stereocenters. The van der Waals surface area contributed by atoms with Crippen molar-refractivity contribution in [3.05, 3.63) is 60.4 Å². The van der Waals surface area contributed by atoms with Gasteiger partial charge >= 0.3 is 6.09 Å². The second kappa shape index (κ2) is 9.17. The second-order valence-electron chi connectivity index (χ2n) is 6.12. The molecule has 0 aliphatic carbocycles. The summed E-state index contributed by atoms with van der Waals surface area (Å²) in [7, 11) is 0. The van der Waals surface area contributed by atoms with Crippen LogP contribution in [0.15, 0.2) is 49.3 Å². The van der Waals surface area contributed by atoms with Crippen molar-refractivity contribution in [1.29, 1.82) is 0 Å². The molecule has 0 saturated carbocycles. The van der Waals surface area contributed by atoms with Gasteiger partial charge in [-0.05, 0) is 5.56 Å². The first kappa shape index (κ1) is 18.2. The number of hydrogen-bond acceptors (Lipinski definition) is 5. The van der Waals surface area contributed by atoms with Gasteiger partial charge in [-0.25, -0.2) is 9.48 Å². The molecule has 1 aliphatic heterocycles. The van der Waals surface area contributed by atoms with Crippen LogP contribution in [0.2, 0.25) is 0 Å². The number of aromatic nitrogens is 2. The predicted molar refractivity (Wildman–Crippen MR) is 98.3 cm³/mol. The fourth-order valence-electron chi connectivity index (χ4n) is 2.77. The molecular weight excluding hydrogens is 332 g/mol. The quantitative estimate of drug-likeness (QED) is 0.823. The first-order valence-electron chi connectivity index (χ1n) is 8.68. The van der Waals surface area contributed by atoms with E-state index in [2.05, 4.69) is 17.0 Å². The van der Waals surface area contributed by atoms with Crippen molar-refractivity contribution in [3.63, 3.8) is 0 Å². The predicted octanol–water partition coefficient (Wildman–Crippen LogP) is 2.11. The molecular formula is C19H24N4O3. The van der Waals surface area contributed by atoms with Crippen LogP contribution in [-0.2, 0) is 22.6 Å². The Balaban J connectivity index is 1.40. The highest BCUT2D eigenvalue weighted by atomic mass is 16.6. The van der Waals surface area contributed by atoms with Crippen LogP contribution in [0.25, 0.3) is 6.20 Å². The van der Waals surface area contributed by atoms with E-state index in [0.29, 0.717) is 32.8 Å². The zero-order valence-electron chi connectivity index (χ0n) is 14.7. The largest absolute Gasteiger partial charge is 0.445 e. The van der Waals surface area contributed by atoms with Gasteiger partial charge in [-0.3, -0.25) is 0 Å². The van der Waals surface area contributed by atoms with E-state index in [-0.39, 0.29) is 18.8 Å². The van der Waals surface area contributed by atoms with E-state index in [1.807, 2.05) is 36.5 Å². The molecule has 1 fully saturated rings. The molecule has 0 bridgehead atoms. The summed E-state index contributed by atoms with van der Waals surface area (Å²) >= 11 is 0. The molecule has 1 aromatic heterocycles. The average Bonchev–Trinajstić information content (AvgIpc) is 3.15. The van der Waals surface area contributed by atoms with Gasteiger partial charge < -0.3 is 19.7 Å². The lowest BCUT2D eigenvalue weighted by molar-refractivity contribution is -0.0271. The highest BCUT2D eigenvalue weighted by Crippen LogP contribution is 2.09. The minimum Gasteiger partial charge on any atom is -0.445 e. The summed E-state index contributed by atoms with van der Waals surface area (Å²) in [5.41, 5.74) is 2.05. The highest BCUT2D eigenvalue weighted by molar-refractivity contribution is 5.67. The molecule has 2 heterocycles. The van der Waals surface area contributed by atoms with Gasteiger partial charge in [0.1, 0.15) is 6.61 Å². The maximum atomic E-state index is 12.3. The number of hydrogen-bond donors (Lipinski definition) is 1. The Labute approximate surface area is 153 Å². The number of nitrogens with one attached hydrogen (secondary N) is 1. The molecule has 1 aliphatic rings. The van der Waals surface area contributed by atoms with E-state index in [4.69, 9.17) is 9.47 Å². The van der Waals surface area contributed by atoms with Crippen LogP contribution in [0.4, 0.5) is 4.79 Å². The molecule has 1 unspecified atom stereocenters. The highest BCUT2D eigenvalue weighted by Gasteiger charge is 2.25. The van der Waals surface area contributed by atoms with Crippen molar-refractivity contribution in [1.82, 2.24) is 20.0 Å².